The standard InChI is InChI=1S/C14H21N3O/c1-11(15)9-14(18)17-8-7-16(2)13-6-4-3-5-12(13)10-17/h3-6,11H,7-10,15H2,1-2H3. The number of hydrogen-bond acceptors (Lipinski definition) is 3. The molecule has 0 bridgehead atoms. The zero-order chi connectivity index (χ0) is 13.1. The van der Waals surface area contributed by atoms with E-state index in [0.29, 0.717) is 13.0 Å². The lowest BCUT2D eigenvalue weighted by molar-refractivity contribution is -0.131. The van der Waals surface area contributed by atoms with Crippen LogP contribution in [-0.4, -0.2) is 37.0 Å². The van der Waals surface area contributed by atoms with Crippen molar-refractivity contribution in [2.24, 2.45) is 5.73 Å². The maximum atomic E-state index is 12.1. The molecule has 2 N–H and O–H groups in total. The average Bonchev–Trinajstić information content (AvgIpc) is 2.49. The molecule has 1 heterocycles. The fourth-order valence-corrected chi connectivity index (χ4v) is 2.31. The van der Waals surface area contributed by atoms with E-state index in [0.717, 1.165) is 13.1 Å². The number of hydrogen-bond donors (Lipinski definition) is 1. The number of amides is 1. The lowest BCUT2D eigenvalue weighted by Gasteiger charge is -2.21. The van der Waals surface area contributed by atoms with E-state index in [4.69, 9.17) is 5.73 Å². The fraction of sp³-hybridized carbons (Fsp3) is 0.500. The lowest BCUT2D eigenvalue weighted by atomic mass is 10.1. The summed E-state index contributed by atoms with van der Waals surface area (Å²) in [4.78, 5) is 16.2. The molecule has 18 heavy (non-hydrogen) atoms. The summed E-state index contributed by atoms with van der Waals surface area (Å²) < 4.78 is 0. The van der Waals surface area contributed by atoms with Crippen LogP contribution in [0, 0.1) is 0 Å². The molecular formula is C14H21N3O. The van der Waals surface area contributed by atoms with E-state index >= 15 is 0 Å². The molecule has 0 aliphatic carbocycles. The summed E-state index contributed by atoms with van der Waals surface area (Å²) in [7, 11) is 2.07. The molecule has 1 unspecified atom stereocenters. The molecule has 0 spiro atoms. The van der Waals surface area contributed by atoms with Gasteiger partial charge in [0.25, 0.3) is 0 Å². The Balaban J connectivity index is 2.17. The van der Waals surface area contributed by atoms with E-state index in [2.05, 4.69) is 24.1 Å². The molecule has 0 aromatic heterocycles. The van der Waals surface area contributed by atoms with Crippen LogP contribution in [-0.2, 0) is 11.3 Å². The van der Waals surface area contributed by atoms with Crippen LogP contribution in [0.25, 0.3) is 0 Å². The predicted octanol–water partition coefficient (Wildman–Crippen LogP) is 1.20. The second-order valence-corrected chi connectivity index (χ2v) is 5.05. The number of anilines is 1. The van der Waals surface area contributed by atoms with Crippen molar-refractivity contribution >= 4 is 11.6 Å². The minimum Gasteiger partial charge on any atom is -0.373 e. The van der Waals surface area contributed by atoms with E-state index in [1.165, 1.54) is 11.3 Å². The maximum absolute atomic E-state index is 12.1. The Labute approximate surface area is 108 Å². The molecule has 2 rings (SSSR count). The summed E-state index contributed by atoms with van der Waals surface area (Å²) in [5.74, 6) is 0.148. The Bertz CT molecular complexity index is 431. The molecule has 1 aromatic rings. The Morgan fingerprint density at radius 3 is 2.83 bits per heavy atom. The van der Waals surface area contributed by atoms with E-state index in [-0.39, 0.29) is 11.9 Å². The highest BCUT2D eigenvalue weighted by atomic mass is 16.2. The van der Waals surface area contributed by atoms with E-state index in [1.54, 1.807) is 0 Å². The van der Waals surface area contributed by atoms with Gasteiger partial charge in [-0.3, -0.25) is 4.79 Å². The Hall–Kier alpha value is -1.55. The highest BCUT2D eigenvalue weighted by Gasteiger charge is 2.21. The highest BCUT2D eigenvalue weighted by molar-refractivity contribution is 5.77. The van der Waals surface area contributed by atoms with Crippen LogP contribution in [0.4, 0.5) is 5.69 Å². The van der Waals surface area contributed by atoms with Crippen LogP contribution in [0.3, 0.4) is 0 Å². The number of para-hydroxylation sites is 1. The Morgan fingerprint density at radius 1 is 1.39 bits per heavy atom. The SMILES string of the molecule is CC(N)CC(=O)N1CCN(C)c2ccccc2C1. The molecule has 1 aromatic carbocycles. The van der Waals surface area contributed by atoms with Crippen molar-refractivity contribution in [3.8, 4) is 0 Å². The van der Waals surface area contributed by atoms with Crippen LogP contribution in [0.5, 0.6) is 0 Å². The normalized spacial score (nSPS) is 17.1. The average molecular weight is 247 g/mol. The fourth-order valence-electron chi connectivity index (χ4n) is 2.31. The molecule has 0 fully saturated rings. The van der Waals surface area contributed by atoms with Gasteiger partial charge in [-0.15, -0.1) is 0 Å². The van der Waals surface area contributed by atoms with Gasteiger partial charge in [0.15, 0.2) is 0 Å². The lowest BCUT2D eigenvalue weighted by Crippen LogP contribution is -2.37. The molecular weight excluding hydrogens is 226 g/mol. The second kappa shape index (κ2) is 5.40. The van der Waals surface area contributed by atoms with Gasteiger partial charge in [0.1, 0.15) is 0 Å². The minimum atomic E-state index is -0.0753. The third kappa shape index (κ3) is 2.82. The number of benzene rings is 1. The van der Waals surface area contributed by atoms with Gasteiger partial charge < -0.3 is 15.5 Å². The topological polar surface area (TPSA) is 49.6 Å². The summed E-state index contributed by atoms with van der Waals surface area (Å²) in [6.07, 6.45) is 0.423. The molecule has 0 saturated carbocycles. The van der Waals surface area contributed by atoms with Crippen LogP contribution >= 0.6 is 0 Å². The van der Waals surface area contributed by atoms with Crippen LogP contribution in [0.1, 0.15) is 18.9 Å². The van der Waals surface area contributed by atoms with Crippen LogP contribution < -0.4 is 10.6 Å². The number of nitrogens with zero attached hydrogens (tertiary/aromatic N) is 2. The van der Waals surface area contributed by atoms with Crippen molar-refractivity contribution in [2.45, 2.75) is 25.9 Å². The highest BCUT2D eigenvalue weighted by Crippen LogP contribution is 2.23. The number of carbonyl (C=O) groups is 1. The molecule has 98 valence electrons. The van der Waals surface area contributed by atoms with E-state index in [9.17, 15) is 4.79 Å². The van der Waals surface area contributed by atoms with Gasteiger partial charge in [-0.25, -0.2) is 0 Å². The quantitative estimate of drug-likeness (QED) is 0.854. The Kier molecular flexibility index (Phi) is 3.87. The first-order chi connectivity index (χ1) is 8.58. The second-order valence-electron chi connectivity index (χ2n) is 5.05. The molecule has 0 radical (unpaired) electrons. The van der Waals surface area contributed by atoms with Crippen molar-refractivity contribution < 1.29 is 4.79 Å². The molecule has 1 atom stereocenters. The number of fused-ring (bicyclic) bond motifs is 1. The molecule has 0 saturated heterocycles. The summed E-state index contributed by atoms with van der Waals surface area (Å²) in [5, 5.41) is 0. The first-order valence-corrected chi connectivity index (χ1v) is 6.40. The number of likely N-dealkylation sites (N-methyl/N-ethyl adjacent to an activating group) is 1. The number of carbonyl (C=O) groups excluding carboxylic acids is 1. The summed E-state index contributed by atoms with van der Waals surface area (Å²) >= 11 is 0. The first kappa shape index (κ1) is 12.9. The van der Waals surface area contributed by atoms with Crippen molar-refractivity contribution in [1.82, 2.24) is 4.90 Å². The molecule has 1 aliphatic rings. The smallest absolute Gasteiger partial charge is 0.224 e. The largest absolute Gasteiger partial charge is 0.373 e. The van der Waals surface area contributed by atoms with E-state index < -0.39 is 0 Å². The van der Waals surface area contributed by atoms with Gasteiger partial charge in [-0.1, -0.05) is 18.2 Å². The minimum absolute atomic E-state index is 0.0753. The molecule has 1 amide bonds. The maximum Gasteiger partial charge on any atom is 0.224 e. The Morgan fingerprint density at radius 2 is 2.11 bits per heavy atom. The van der Waals surface area contributed by atoms with Crippen molar-refractivity contribution in [1.29, 1.82) is 0 Å². The zero-order valence-electron chi connectivity index (χ0n) is 11.1. The van der Waals surface area contributed by atoms with Crippen molar-refractivity contribution in [3.05, 3.63) is 29.8 Å². The van der Waals surface area contributed by atoms with Crippen molar-refractivity contribution in [3.63, 3.8) is 0 Å². The number of nitrogens with two attached hydrogens (primary N) is 1. The van der Waals surface area contributed by atoms with Gasteiger partial charge in [0.2, 0.25) is 5.91 Å². The zero-order valence-corrected chi connectivity index (χ0v) is 11.1. The van der Waals surface area contributed by atoms with Crippen molar-refractivity contribution in [2.75, 3.05) is 25.0 Å². The summed E-state index contributed by atoms with van der Waals surface area (Å²) in [5.41, 5.74) is 8.12. The summed E-state index contributed by atoms with van der Waals surface area (Å²) in [6.45, 7) is 4.18. The third-order valence-corrected chi connectivity index (χ3v) is 3.32. The van der Waals surface area contributed by atoms with Gasteiger partial charge in [-0.2, -0.15) is 0 Å². The van der Waals surface area contributed by atoms with Crippen LogP contribution in [0.2, 0.25) is 0 Å². The van der Waals surface area contributed by atoms with Gasteiger partial charge >= 0.3 is 0 Å². The predicted molar refractivity (Wildman–Crippen MR) is 73.4 cm³/mol. The third-order valence-electron chi connectivity index (χ3n) is 3.32. The van der Waals surface area contributed by atoms with Gasteiger partial charge in [0.05, 0.1) is 0 Å². The van der Waals surface area contributed by atoms with Gasteiger partial charge in [0, 0.05) is 44.8 Å². The monoisotopic (exact) mass is 247 g/mol. The molecule has 4 nitrogen and oxygen atoms in total. The molecule has 1 aliphatic heterocycles. The molecule has 4 heteroatoms. The van der Waals surface area contributed by atoms with Gasteiger partial charge in [-0.05, 0) is 18.6 Å². The van der Waals surface area contributed by atoms with Crippen LogP contribution in [0.15, 0.2) is 24.3 Å². The van der Waals surface area contributed by atoms with E-state index in [1.807, 2.05) is 24.0 Å². The summed E-state index contributed by atoms with van der Waals surface area (Å²) in [6, 6.07) is 8.17. The number of rotatable bonds is 2. The first-order valence-electron chi connectivity index (χ1n) is 6.40.